The minimum absolute atomic E-state index is 0.106. The summed E-state index contributed by atoms with van der Waals surface area (Å²) in [6.45, 7) is 2.98. The van der Waals surface area contributed by atoms with Crippen molar-refractivity contribution in [1.29, 1.82) is 0 Å². The van der Waals surface area contributed by atoms with Crippen LogP contribution in [0.5, 0.6) is 0 Å². The van der Waals surface area contributed by atoms with E-state index in [1.807, 2.05) is 12.1 Å². The lowest BCUT2D eigenvalue weighted by atomic mass is 9.59. The Balaban J connectivity index is 0.000000339. The molecule has 4 rings (SSSR count). The lowest BCUT2D eigenvalue weighted by Gasteiger charge is -2.54. The zero-order valence-corrected chi connectivity index (χ0v) is 16.6. The van der Waals surface area contributed by atoms with Gasteiger partial charge in [0.25, 0.3) is 5.91 Å². The first-order chi connectivity index (χ1) is 14.7. The summed E-state index contributed by atoms with van der Waals surface area (Å²) in [7, 11) is 0. The number of nitrogens with one attached hydrogen (secondary N) is 1. The van der Waals surface area contributed by atoms with Gasteiger partial charge in [-0.3, -0.25) is 14.7 Å². The maximum atomic E-state index is 12.3. The number of alkyl halides is 3. The number of furan rings is 1. The number of amides is 1. The summed E-state index contributed by atoms with van der Waals surface area (Å²) >= 11 is 0. The molecule has 8 nitrogen and oxygen atoms in total. The molecule has 1 saturated heterocycles. The molecule has 1 unspecified atom stereocenters. The third-order valence-electron chi connectivity index (χ3n) is 5.83. The van der Waals surface area contributed by atoms with Gasteiger partial charge < -0.3 is 14.8 Å². The molecule has 1 saturated carbocycles. The number of hydrogen-bond acceptors (Lipinski definition) is 6. The van der Waals surface area contributed by atoms with Crippen molar-refractivity contribution in [3.63, 3.8) is 0 Å². The molecule has 2 fully saturated rings. The number of piperidine rings is 1. The number of carboxylic acid groups (broad SMARTS) is 1. The highest BCUT2D eigenvalue weighted by Crippen LogP contribution is 2.49. The highest BCUT2D eigenvalue weighted by Gasteiger charge is 2.48. The summed E-state index contributed by atoms with van der Waals surface area (Å²) in [6.07, 6.45) is 5.81. The van der Waals surface area contributed by atoms with Crippen molar-refractivity contribution in [3.05, 3.63) is 48.4 Å². The van der Waals surface area contributed by atoms with E-state index in [4.69, 9.17) is 14.3 Å². The Labute approximate surface area is 176 Å². The van der Waals surface area contributed by atoms with Crippen LogP contribution < -0.4 is 5.32 Å². The summed E-state index contributed by atoms with van der Waals surface area (Å²) < 4.78 is 37.2. The third kappa shape index (κ3) is 5.81. The molecular formula is C20H23F3N4O4. The lowest BCUT2D eigenvalue weighted by Crippen LogP contribution is -2.59. The molecule has 1 atom stereocenters. The minimum Gasteiger partial charge on any atom is -0.475 e. The van der Waals surface area contributed by atoms with Crippen molar-refractivity contribution < 1.29 is 32.3 Å². The second kappa shape index (κ2) is 9.46. The zero-order chi connectivity index (χ0) is 22.5. The first-order valence-electron chi connectivity index (χ1n) is 9.81. The van der Waals surface area contributed by atoms with Crippen LogP contribution in [-0.4, -0.2) is 57.2 Å². The van der Waals surface area contributed by atoms with Crippen molar-refractivity contribution in [3.8, 4) is 0 Å². The summed E-state index contributed by atoms with van der Waals surface area (Å²) in [5.41, 5.74) is 0.659. The summed E-state index contributed by atoms with van der Waals surface area (Å²) in [4.78, 5) is 31.7. The SMILES string of the molecule is O=C(NC1CCC12CCN(Cc1ccco1)CC2)c1cnccn1.O=C(O)C(F)(F)F. The molecule has 2 aromatic rings. The largest absolute Gasteiger partial charge is 0.490 e. The van der Waals surface area contributed by atoms with Crippen LogP contribution in [0.2, 0.25) is 0 Å². The lowest BCUT2D eigenvalue weighted by molar-refractivity contribution is -0.192. The van der Waals surface area contributed by atoms with Gasteiger partial charge in [-0.1, -0.05) is 0 Å². The molecule has 1 aliphatic heterocycles. The van der Waals surface area contributed by atoms with E-state index >= 15 is 0 Å². The van der Waals surface area contributed by atoms with E-state index in [1.165, 1.54) is 12.6 Å². The fourth-order valence-electron chi connectivity index (χ4n) is 3.95. The van der Waals surface area contributed by atoms with Gasteiger partial charge in [0.05, 0.1) is 19.0 Å². The van der Waals surface area contributed by atoms with Crippen LogP contribution in [0.4, 0.5) is 13.2 Å². The number of carbonyl (C=O) groups is 2. The number of nitrogens with zero attached hydrogens (tertiary/aromatic N) is 3. The summed E-state index contributed by atoms with van der Waals surface area (Å²) in [5.74, 6) is -1.84. The quantitative estimate of drug-likeness (QED) is 0.753. The Bertz CT molecular complexity index is 866. The van der Waals surface area contributed by atoms with Crippen LogP contribution in [0.25, 0.3) is 0 Å². The molecule has 0 radical (unpaired) electrons. The molecule has 2 aromatic heterocycles. The van der Waals surface area contributed by atoms with E-state index in [9.17, 15) is 18.0 Å². The van der Waals surface area contributed by atoms with E-state index in [2.05, 4.69) is 20.2 Å². The molecule has 0 aromatic carbocycles. The maximum absolute atomic E-state index is 12.3. The van der Waals surface area contributed by atoms with Gasteiger partial charge in [0.15, 0.2) is 0 Å². The van der Waals surface area contributed by atoms with Gasteiger partial charge in [-0.05, 0) is 56.3 Å². The molecule has 1 spiro atoms. The van der Waals surface area contributed by atoms with E-state index in [0.717, 1.165) is 44.7 Å². The number of rotatable bonds is 4. The Morgan fingerprint density at radius 1 is 1.26 bits per heavy atom. The van der Waals surface area contributed by atoms with E-state index in [1.54, 1.807) is 18.7 Å². The number of carboxylic acids is 1. The van der Waals surface area contributed by atoms with Gasteiger partial charge >= 0.3 is 12.1 Å². The summed E-state index contributed by atoms with van der Waals surface area (Å²) in [6, 6.07) is 4.22. The minimum atomic E-state index is -5.08. The monoisotopic (exact) mass is 440 g/mol. The second-order valence-electron chi connectivity index (χ2n) is 7.68. The Kier molecular flexibility index (Phi) is 6.94. The van der Waals surface area contributed by atoms with E-state index in [0.29, 0.717) is 5.69 Å². The van der Waals surface area contributed by atoms with Crippen LogP contribution >= 0.6 is 0 Å². The molecule has 0 bridgehead atoms. The molecular weight excluding hydrogens is 417 g/mol. The number of hydrogen-bond donors (Lipinski definition) is 2. The van der Waals surface area contributed by atoms with Crippen molar-refractivity contribution in [2.75, 3.05) is 13.1 Å². The van der Waals surface area contributed by atoms with Gasteiger partial charge in [0.1, 0.15) is 11.5 Å². The average Bonchev–Trinajstić information content (AvgIpc) is 3.25. The molecule has 168 valence electrons. The predicted octanol–water partition coefficient (Wildman–Crippen LogP) is 2.88. The topological polar surface area (TPSA) is 109 Å². The van der Waals surface area contributed by atoms with Crippen molar-refractivity contribution >= 4 is 11.9 Å². The van der Waals surface area contributed by atoms with Crippen LogP contribution in [0.1, 0.15) is 41.9 Å². The van der Waals surface area contributed by atoms with Crippen molar-refractivity contribution in [2.45, 2.75) is 44.4 Å². The summed E-state index contributed by atoms with van der Waals surface area (Å²) in [5, 5.41) is 10.3. The number of halogens is 3. The maximum Gasteiger partial charge on any atom is 0.490 e. The van der Waals surface area contributed by atoms with Gasteiger partial charge in [0.2, 0.25) is 0 Å². The highest BCUT2D eigenvalue weighted by atomic mass is 19.4. The zero-order valence-electron chi connectivity index (χ0n) is 16.6. The average molecular weight is 440 g/mol. The van der Waals surface area contributed by atoms with Crippen LogP contribution in [-0.2, 0) is 11.3 Å². The predicted molar refractivity (Wildman–Crippen MR) is 102 cm³/mol. The number of likely N-dealkylation sites (tertiary alicyclic amines) is 1. The number of aliphatic carboxylic acids is 1. The Morgan fingerprint density at radius 2 is 1.97 bits per heavy atom. The van der Waals surface area contributed by atoms with Crippen LogP contribution in [0.15, 0.2) is 41.4 Å². The normalized spacial score (nSPS) is 20.3. The van der Waals surface area contributed by atoms with E-state index in [-0.39, 0.29) is 17.4 Å². The van der Waals surface area contributed by atoms with Crippen LogP contribution in [0, 0.1) is 5.41 Å². The molecule has 11 heteroatoms. The first-order valence-corrected chi connectivity index (χ1v) is 9.81. The Hall–Kier alpha value is -2.95. The van der Waals surface area contributed by atoms with Crippen molar-refractivity contribution in [2.24, 2.45) is 5.41 Å². The molecule has 31 heavy (non-hydrogen) atoms. The molecule has 3 heterocycles. The fraction of sp³-hybridized carbons (Fsp3) is 0.500. The second-order valence-corrected chi connectivity index (χ2v) is 7.68. The molecule has 2 N–H and O–H groups in total. The standard InChI is InChI=1S/C18H22N4O2.C2HF3O2/c23-17(15-12-19-7-8-20-15)21-16-3-4-18(16)5-9-22(10-6-18)13-14-2-1-11-24-14;3-2(4,5)1(6)7/h1-2,7-8,11-12,16H,3-6,9-10,13H2,(H,21,23);(H,6,7). The number of aromatic nitrogens is 2. The smallest absolute Gasteiger partial charge is 0.475 e. The van der Waals surface area contributed by atoms with Crippen molar-refractivity contribution in [1.82, 2.24) is 20.2 Å². The fourth-order valence-corrected chi connectivity index (χ4v) is 3.95. The van der Waals surface area contributed by atoms with Gasteiger partial charge in [-0.25, -0.2) is 9.78 Å². The Morgan fingerprint density at radius 3 is 2.45 bits per heavy atom. The molecule has 1 amide bonds. The van der Waals surface area contributed by atoms with Gasteiger partial charge in [-0.2, -0.15) is 13.2 Å². The molecule has 1 aliphatic carbocycles. The van der Waals surface area contributed by atoms with E-state index < -0.39 is 12.1 Å². The first kappa shape index (κ1) is 22.7. The highest BCUT2D eigenvalue weighted by molar-refractivity contribution is 5.92. The van der Waals surface area contributed by atoms with Crippen LogP contribution in [0.3, 0.4) is 0 Å². The molecule has 2 aliphatic rings. The number of carbonyl (C=O) groups excluding carboxylic acids is 1. The van der Waals surface area contributed by atoms with Gasteiger partial charge in [-0.15, -0.1) is 0 Å². The van der Waals surface area contributed by atoms with Gasteiger partial charge in [0, 0.05) is 18.4 Å². The third-order valence-corrected chi connectivity index (χ3v) is 5.83.